The van der Waals surface area contributed by atoms with Gasteiger partial charge in [-0.15, -0.1) is 0 Å². The summed E-state index contributed by atoms with van der Waals surface area (Å²) in [6.45, 7) is 0. The van der Waals surface area contributed by atoms with Crippen molar-refractivity contribution < 1.29 is 4.74 Å². The van der Waals surface area contributed by atoms with Crippen molar-refractivity contribution in [1.82, 2.24) is 0 Å². The van der Waals surface area contributed by atoms with Crippen LogP contribution in [0.15, 0.2) is 0 Å². The molecule has 4 aliphatic rings. The lowest BCUT2D eigenvalue weighted by atomic mass is 9.64. The second kappa shape index (κ2) is 2.13. The summed E-state index contributed by atoms with van der Waals surface area (Å²) in [6, 6.07) is 0. The molecule has 4 aliphatic carbocycles. The molecule has 72 valence electrons. The van der Waals surface area contributed by atoms with Crippen molar-refractivity contribution in [3.63, 3.8) is 0 Å². The molecule has 0 heterocycles. The van der Waals surface area contributed by atoms with Crippen LogP contribution in [0.2, 0.25) is 0 Å². The first-order valence-electron chi connectivity index (χ1n) is 5.96. The summed E-state index contributed by atoms with van der Waals surface area (Å²) in [6.07, 6.45) is 6.78. The highest BCUT2D eigenvalue weighted by atomic mass is 16.5. The molecule has 0 aromatic heterocycles. The molecule has 0 N–H and O–H groups in total. The monoisotopic (exact) mass is 178 g/mol. The summed E-state index contributed by atoms with van der Waals surface area (Å²) in [7, 11) is 1.92. The maximum absolute atomic E-state index is 5.62. The van der Waals surface area contributed by atoms with Gasteiger partial charge >= 0.3 is 0 Å². The average molecular weight is 178 g/mol. The Bertz CT molecular complexity index is 250. The van der Waals surface area contributed by atoms with Crippen LogP contribution < -0.4 is 0 Å². The molecular weight excluding hydrogens is 160 g/mol. The predicted octanol–water partition coefficient (Wildman–Crippen LogP) is 2.31. The molecule has 0 aromatic rings. The van der Waals surface area contributed by atoms with Crippen molar-refractivity contribution in [2.24, 2.45) is 35.5 Å². The quantitative estimate of drug-likeness (QED) is 0.598. The van der Waals surface area contributed by atoms with E-state index in [9.17, 15) is 0 Å². The van der Waals surface area contributed by atoms with E-state index >= 15 is 0 Å². The summed E-state index contributed by atoms with van der Waals surface area (Å²) >= 11 is 0. The van der Waals surface area contributed by atoms with Gasteiger partial charge in [-0.2, -0.15) is 0 Å². The lowest BCUT2D eigenvalue weighted by Gasteiger charge is -2.45. The van der Waals surface area contributed by atoms with E-state index in [0.717, 1.165) is 35.5 Å². The Labute approximate surface area is 79.8 Å². The highest BCUT2D eigenvalue weighted by molar-refractivity contribution is 5.26. The van der Waals surface area contributed by atoms with Crippen LogP contribution in [0, 0.1) is 35.5 Å². The first kappa shape index (κ1) is 7.28. The van der Waals surface area contributed by atoms with Gasteiger partial charge in [0, 0.05) is 7.11 Å². The fraction of sp³-hybridized carbons (Fsp3) is 1.00. The summed E-state index contributed by atoms with van der Waals surface area (Å²) in [5.41, 5.74) is 0. The van der Waals surface area contributed by atoms with Gasteiger partial charge < -0.3 is 4.74 Å². The van der Waals surface area contributed by atoms with Crippen LogP contribution in [-0.2, 0) is 4.74 Å². The van der Waals surface area contributed by atoms with Crippen LogP contribution in [0.25, 0.3) is 0 Å². The van der Waals surface area contributed by atoms with Crippen molar-refractivity contribution in [2.75, 3.05) is 7.11 Å². The second-order valence-corrected chi connectivity index (χ2v) is 5.62. The third-order valence-electron chi connectivity index (χ3n) is 5.53. The molecule has 0 unspecified atom stereocenters. The number of hydrogen-bond donors (Lipinski definition) is 0. The molecule has 0 aromatic carbocycles. The van der Waals surface area contributed by atoms with E-state index in [1.807, 2.05) is 7.11 Å². The molecular formula is C12H18O. The lowest BCUT2D eigenvalue weighted by Crippen LogP contribution is -2.45. The smallest absolute Gasteiger partial charge is 0.0638 e. The molecule has 1 heteroatoms. The van der Waals surface area contributed by atoms with E-state index in [0.29, 0.717) is 6.10 Å². The van der Waals surface area contributed by atoms with E-state index in [2.05, 4.69) is 0 Å². The number of hydrogen-bond acceptors (Lipinski definition) is 1. The minimum atomic E-state index is 0.689. The van der Waals surface area contributed by atoms with E-state index in [1.54, 1.807) is 6.42 Å². The van der Waals surface area contributed by atoms with E-state index in [4.69, 9.17) is 4.74 Å². The Morgan fingerprint density at radius 3 is 2.23 bits per heavy atom. The minimum Gasteiger partial charge on any atom is -0.381 e. The van der Waals surface area contributed by atoms with Crippen molar-refractivity contribution in [2.45, 2.75) is 31.8 Å². The molecule has 0 saturated heterocycles. The highest BCUT2D eigenvalue weighted by Crippen LogP contribution is 2.79. The Kier molecular flexibility index (Phi) is 1.19. The summed E-state index contributed by atoms with van der Waals surface area (Å²) < 4.78 is 5.62. The van der Waals surface area contributed by atoms with E-state index < -0.39 is 0 Å². The van der Waals surface area contributed by atoms with Gasteiger partial charge in [0.25, 0.3) is 0 Å². The topological polar surface area (TPSA) is 9.23 Å². The van der Waals surface area contributed by atoms with Gasteiger partial charge in [0.05, 0.1) is 6.10 Å². The number of ether oxygens (including phenoxy) is 1. The average Bonchev–Trinajstić information content (AvgIpc) is 2.69. The molecule has 0 aliphatic heterocycles. The SMILES string of the molecule is CO[C@H]1[C@H]2[C@H]3[C@H]4CCCC[C@H]4[C@@H]1[C@H]32. The van der Waals surface area contributed by atoms with Crippen LogP contribution in [0.5, 0.6) is 0 Å². The molecule has 0 spiro atoms. The maximum Gasteiger partial charge on any atom is 0.0638 e. The number of fused-ring (bicyclic) bond motifs is 4. The van der Waals surface area contributed by atoms with Gasteiger partial charge in [-0.3, -0.25) is 0 Å². The lowest BCUT2D eigenvalue weighted by molar-refractivity contribution is -0.0793. The third kappa shape index (κ3) is 0.643. The molecule has 0 radical (unpaired) electrons. The van der Waals surface area contributed by atoms with Gasteiger partial charge in [0.2, 0.25) is 0 Å². The van der Waals surface area contributed by atoms with Crippen molar-refractivity contribution in [3.05, 3.63) is 0 Å². The Morgan fingerprint density at radius 1 is 0.846 bits per heavy atom. The van der Waals surface area contributed by atoms with Crippen molar-refractivity contribution in [1.29, 1.82) is 0 Å². The molecule has 1 nitrogen and oxygen atoms in total. The number of methoxy groups -OCH3 is 1. The van der Waals surface area contributed by atoms with Crippen LogP contribution in [0.1, 0.15) is 25.7 Å². The molecule has 0 amide bonds. The van der Waals surface area contributed by atoms with Crippen molar-refractivity contribution >= 4 is 0 Å². The van der Waals surface area contributed by atoms with Gasteiger partial charge in [-0.1, -0.05) is 12.8 Å². The minimum absolute atomic E-state index is 0.689. The van der Waals surface area contributed by atoms with Crippen molar-refractivity contribution in [3.8, 4) is 0 Å². The highest BCUT2D eigenvalue weighted by Gasteiger charge is 2.78. The maximum atomic E-state index is 5.62. The van der Waals surface area contributed by atoms with E-state index in [1.165, 1.54) is 19.3 Å². The summed E-state index contributed by atoms with van der Waals surface area (Å²) in [5.74, 6) is 6.51. The molecule has 4 rings (SSSR count). The van der Waals surface area contributed by atoms with Crippen LogP contribution in [-0.4, -0.2) is 13.2 Å². The molecule has 4 saturated carbocycles. The summed E-state index contributed by atoms with van der Waals surface area (Å²) in [4.78, 5) is 0. The fourth-order valence-electron chi connectivity index (χ4n) is 5.22. The standard InChI is InChI=1S/C12H18O/c1-13-12-9-7-5-3-2-4-6(7)8-10(9)11(8)12/h6-12H,2-5H2,1H3/t6-,7+,8-,9+,10-,11-,12+/m0/s1. The van der Waals surface area contributed by atoms with Gasteiger partial charge in [-0.05, 0) is 48.3 Å². The second-order valence-electron chi connectivity index (χ2n) is 5.62. The first-order chi connectivity index (χ1) is 6.43. The molecule has 13 heavy (non-hydrogen) atoms. The zero-order valence-corrected chi connectivity index (χ0v) is 8.28. The molecule has 4 fully saturated rings. The molecule has 7 atom stereocenters. The Balaban J connectivity index is 1.64. The van der Waals surface area contributed by atoms with Gasteiger partial charge in [-0.25, -0.2) is 0 Å². The zero-order chi connectivity index (χ0) is 8.58. The van der Waals surface area contributed by atoms with Crippen LogP contribution in [0.4, 0.5) is 0 Å². The zero-order valence-electron chi connectivity index (χ0n) is 8.28. The Hall–Kier alpha value is -0.0400. The Morgan fingerprint density at radius 2 is 1.54 bits per heavy atom. The molecule has 0 bridgehead atoms. The van der Waals surface area contributed by atoms with E-state index in [-0.39, 0.29) is 0 Å². The third-order valence-corrected chi connectivity index (χ3v) is 5.53. The number of rotatable bonds is 1. The summed E-state index contributed by atoms with van der Waals surface area (Å²) in [5, 5.41) is 0. The van der Waals surface area contributed by atoms with Crippen LogP contribution >= 0.6 is 0 Å². The first-order valence-corrected chi connectivity index (χ1v) is 5.96. The fourth-order valence-corrected chi connectivity index (χ4v) is 5.22. The predicted molar refractivity (Wildman–Crippen MR) is 50.2 cm³/mol. The van der Waals surface area contributed by atoms with Gasteiger partial charge in [0.15, 0.2) is 0 Å². The van der Waals surface area contributed by atoms with Gasteiger partial charge in [0.1, 0.15) is 0 Å². The largest absolute Gasteiger partial charge is 0.381 e. The normalized spacial score (nSPS) is 66.7. The van der Waals surface area contributed by atoms with Crippen LogP contribution in [0.3, 0.4) is 0 Å².